The van der Waals surface area contributed by atoms with Crippen LogP contribution in [0.4, 0.5) is 0 Å². The van der Waals surface area contributed by atoms with E-state index in [1.807, 2.05) is 0 Å². The fraction of sp³-hybridized carbons (Fsp3) is 0.867. The summed E-state index contributed by atoms with van der Waals surface area (Å²) in [5, 5.41) is 22.3. The first-order chi connectivity index (χ1) is 9.17. The molecule has 0 aromatic carbocycles. The van der Waals surface area contributed by atoms with Crippen LogP contribution in [0.15, 0.2) is 0 Å². The topological polar surface area (TPSA) is 86.6 Å². The summed E-state index contributed by atoms with van der Waals surface area (Å²) in [7, 11) is 0. The molecule has 0 saturated heterocycles. The lowest BCUT2D eigenvalue weighted by molar-refractivity contribution is -0.140. The molecule has 4 atom stereocenters. The van der Waals surface area contributed by atoms with Gasteiger partial charge in [0.15, 0.2) is 0 Å². The summed E-state index contributed by atoms with van der Waals surface area (Å²) in [6.45, 7) is 5.94. The Morgan fingerprint density at radius 3 is 2.45 bits per heavy atom. The molecule has 0 heterocycles. The van der Waals surface area contributed by atoms with Crippen LogP contribution < -0.4 is 5.32 Å². The molecular weight excluding hydrogens is 258 g/mol. The first-order valence-electron chi connectivity index (χ1n) is 7.40. The number of nitrogens with one attached hydrogen (secondary N) is 1. The van der Waals surface area contributed by atoms with Gasteiger partial charge in [-0.15, -0.1) is 0 Å². The van der Waals surface area contributed by atoms with Crippen LogP contribution in [0.5, 0.6) is 0 Å². The summed E-state index contributed by atoms with van der Waals surface area (Å²) in [4.78, 5) is 23.2. The molecule has 2 aliphatic carbocycles. The maximum atomic E-state index is 12.1. The van der Waals surface area contributed by atoms with Crippen molar-refractivity contribution in [3.8, 4) is 0 Å². The zero-order chi connectivity index (χ0) is 15.1. The first-order valence-corrected chi connectivity index (χ1v) is 7.40. The highest BCUT2D eigenvalue weighted by Crippen LogP contribution is 2.58. The van der Waals surface area contributed by atoms with Crippen LogP contribution in [0.25, 0.3) is 0 Å². The predicted molar refractivity (Wildman–Crippen MR) is 74.0 cm³/mol. The van der Waals surface area contributed by atoms with Crippen LogP contribution in [0.1, 0.15) is 46.5 Å². The zero-order valence-corrected chi connectivity index (χ0v) is 12.5. The van der Waals surface area contributed by atoms with E-state index >= 15 is 0 Å². The molecule has 0 bridgehead atoms. The average Bonchev–Trinajstić information content (AvgIpc) is 2.89. The van der Waals surface area contributed by atoms with Crippen molar-refractivity contribution in [2.75, 3.05) is 6.54 Å². The highest BCUT2D eigenvalue weighted by atomic mass is 16.4. The third-order valence-electron chi connectivity index (χ3n) is 5.04. The Morgan fingerprint density at radius 2 is 1.95 bits per heavy atom. The minimum absolute atomic E-state index is 0.231. The van der Waals surface area contributed by atoms with Crippen molar-refractivity contribution in [2.24, 2.45) is 23.2 Å². The molecule has 2 aliphatic rings. The lowest BCUT2D eigenvalue weighted by Gasteiger charge is -2.35. The molecule has 5 heteroatoms. The monoisotopic (exact) mass is 283 g/mol. The van der Waals surface area contributed by atoms with Gasteiger partial charge in [0.05, 0.1) is 17.4 Å². The molecule has 20 heavy (non-hydrogen) atoms. The number of carbonyl (C=O) groups is 2. The van der Waals surface area contributed by atoms with E-state index in [9.17, 15) is 14.7 Å². The number of aliphatic hydroxyl groups is 1. The summed E-state index contributed by atoms with van der Waals surface area (Å²) >= 11 is 0. The largest absolute Gasteiger partial charge is 0.481 e. The second kappa shape index (κ2) is 5.02. The number of hydrogen-bond acceptors (Lipinski definition) is 3. The molecule has 4 unspecified atom stereocenters. The molecule has 0 aromatic heterocycles. The Hall–Kier alpha value is -1.10. The van der Waals surface area contributed by atoms with E-state index < -0.39 is 28.8 Å². The minimum Gasteiger partial charge on any atom is -0.481 e. The van der Waals surface area contributed by atoms with Crippen molar-refractivity contribution >= 4 is 11.9 Å². The van der Waals surface area contributed by atoms with Gasteiger partial charge in [-0.05, 0) is 24.2 Å². The van der Waals surface area contributed by atoms with Gasteiger partial charge in [-0.25, -0.2) is 0 Å². The van der Waals surface area contributed by atoms with Gasteiger partial charge in [-0.2, -0.15) is 0 Å². The Balaban J connectivity index is 1.89. The van der Waals surface area contributed by atoms with Gasteiger partial charge in [0.2, 0.25) is 5.91 Å². The molecule has 5 nitrogen and oxygen atoms in total. The van der Waals surface area contributed by atoms with E-state index in [0.717, 1.165) is 12.8 Å². The number of carboxylic acids is 1. The molecule has 2 saturated carbocycles. The summed E-state index contributed by atoms with van der Waals surface area (Å²) in [5.41, 5.74) is -1.32. The molecule has 0 spiro atoms. The van der Waals surface area contributed by atoms with Gasteiger partial charge < -0.3 is 15.5 Å². The maximum Gasteiger partial charge on any atom is 0.307 e. The molecule has 2 rings (SSSR count). The number of carbonyl (C=O) groups excluding carboxylic acids is 1. The lowest BCUT2D eigenvalue weighted by Crippen LogP contribution is -2.46. The van der Waals surface area contributed by atoms with Crippen molar-refractivity contribution in [3.63, 3.8) is 0 Å². The number of rotatable bonds is 4. The summed E-state index contributed by atoms with van der Waals surface area (Å²) in [6.07, 6.45) is 3.49. The van der Waals surface area contributed by atoms with Crippen LogP contribution in [0.2, 0.25) is 0 Å². The van der Waals surface area contributed by atoms with E-state index in [1.54, 1.807) is 13.8 Å². The number of carboxylic acid groups (broad SMARTS) is 1. The molecule has 3 N–H and O–H groups in total. The van der Waals surface area contributed by atoms with Gasteiger partial charge >= 0.3 is 5.97 Å². The van der Waals surface area contributed by atoms with Crippen LogP contribution in [-0.4, -0.2) is 34.2 Å². The fourth-order valence-corrected chi connectivity index (χ4v) is 3.74. The van der Waals surface area contributed by atoms with Crippen molar-refractivity contribution in [1.29, 1.82) is 0 Å². The third-order valence-corrected chi connectivity index (χ3v) is 5.04. The molecular formula is C15H25NO4. The van der Waals surface area contributed by atoms with Crippen LogP contribution in [0.3, 0.4) is 0 Å². The predicted octanol–water partition coefficient (Wildman–Crippen LogP) is 1.40. The second-order valence-corrected chi connectivity index (χ2v) is 7.26. The second-order valence-electron chi connectivity index (χ2n) is 7.26. The SMILES string of the molecule is CC1CCCC(O)(CNC(=O)C2C(C(=O)O)C2(C)C)C1. The Bertz CT molecular complexity index is 420. The van der Waals surface area contributed by atoms with Gasteiger partial charge in [-0.1, -0.05) is 33.6 Å². The molecule has 0 radical (unpaired) electrons. The van der Waals surface area contributed by atoms with E-state index in [1.165, 1.54) is 0 Å². The molecule has 0 aromatic rings. The standard InChI is InChI=1S/C15H25NO4/c1-9-5-4-6-15(20,7-9)8-16-12(17)10-11(13(18)19)14(10,2)3/h9-11,20H,4-8H2,1-3H3,(H,16,17)(H,18,19). The van der Waals surface area contributed by atoms with Gasteiger partial charge in [0.25, 0.3) is 0 Å². The number of amides is 1. The van der Waals surface area contributed by atoms with Crippen molar-refractivity contribution in [3.05, 3.63) is 0 Å². The van der Waals surface area contributed by atoms with Crippen LogP contribution >= 0.6 is 0 Å². The summed E-state index contributed by atoms with van der Waals surface area (Å²) in [5.74, 6) is -1.78. The third kappa shape index (κ3) is 2.82. The highest BCUT2D eigenvalue weighted by molar-refractivity contribution is 5.91. The van der Waals surface area contributed by atoms with Gasteiger partial charge in [-0.3, -0.25) is 9.59 Å². The van der Waals surface area contributed by atoms with Crippen molar-refractivity contribution in [1.82, 2.24) is 5.32 Å². The first kappa shape index (κ1) is 15.3. The smallest absolute Gasteiger partial charge is 0.307 e. The van der Waals surface area contributed by atoms with Crippen LogP contribution in [0, 0.1) is 23.2 Å². The zero-order valence-electron chi connectivity index (χ0n) is 12.5. The van der Waals surface area contributed by atoms with E-state index in [4.69, 9.17) is 5.11 Å². The van der Waals surface area contributed by atoms with E-state index in [0.29, 0.717) is 18.8 Å². The Morgan fingerprint density at radius 1 is 1.30 bits per heavy atom. The summed E-state index contributed by atoms with van der Waals surface area (Å²) < 4.78 is 0. The fourth-order valence-electron chi connectivity index (χ4n) is 3.74. The Kier molecular flexibility index (Phi) is 3.84. The van der Waals surface area contributed by atoms with E-state index in [-0.39, 0.29) is 12.5 Å². The average molecular weight is 283 g/mol. The molecule has 2 fully saturated rings. The number of aliphatic carboxylic acids is 1. The van der Waals surface area contributed by atoms with Gasteiger partial charge in [0.1, 0.15) is 0 Å². The quantitative estimate of drug-likeness (QED) is 0.728. The maximum absolute atomic E-state index is 12.1. The Labute approximate surface area is 119 Å². The van der Waals surface area contributed by atoms with E-state index in [2.05, 4.69) is 12.2 Å². The molecule has 1 amide bonds. The van der Waals surface area contributed by atoms with Crippen molar-refractivity contribution < 1.29 is 19.8 Å². The van der Waals surface area contributed by atoms with Gasteiger partial charge in [0, 0.05) is 6.54 Å². The lowest BCUT2D eigenvalue weighted by atomic mass is 9.79. The number of hydrogen-bond donors (Lipinski definition) is 3. The summed E-state index contributed by atoms with van der Waals surface area (Å²) in [6, 6.07) is 0. The van der Waals surface area contributed by atoms with Crippen molar-refractivity contribution in [2.45, 2.75) is 52.1 Å². The minimum atomic E-state index is -0.917. The molecule has 0 aliphatic heterocycles. The normalized spacial score (nSPS) is 39.1. The highest BCUT2D eigenvalue weighted by Gasteiger charge is 2.65. The van der Waals surface area contributed by atoms with Crippen LogP contribution in [-0.2, 0) is 9.59 Å². The molecule has 114 valence electrons.